The van der Waals surface area contributed by atoms with Crippen molar-refractivity contribution in [1.82, 2.24) is 0 Å². The van der Waals surface area contributed by atoms with E-state index in [0.717, 1.165) is 5.57 Å². The van der Waals surface area contributed by atoms with Gasteiger partial charge in [-0.25, -0.2) is 4.79 Å². The van der Waals surface area contributed by atoms with Gasteiger partial charge in [0, 0.05) is 6.08 Å². The number of hydrogen-bond acceptors (Lipinski definition) is 2. The van der Waals surface area contributed by atoms with Crippen LogP contribution in [-0.4, -0.2) is 11.6 Å². The number of hydrogen-bond donors (Lipinski definition) is 0. The molecule has 0 rings (SSSR count). The molecule has 0 heterocycles. The molecule has 0 unspecified atom stereocenters. The quantitative estimate of drug-likeness (QED) is 0.403. The molecule has 0 fully saturated rings. The lowest BCUT2D eigenvalue weighted by Crippen LogP contribution is -2.22. The van der Waals surface area contributed by atoms with Crippen LogP contribution in [0.4, 0.5) is 0 Å². The molecule has 0 aliphatic heterocycles. The van der Waals surface area contributed by atoms with Crippen molar-refractivity contribution >= 4 is 5.97 Å². The SMILES string of the molecule is C\C=C/C=C/C(C)=C/C(=O)OC(C)(C)C. The Bertz CT molecular complexity index is 288. The number of ether oxygens (including phenoxy) is 1. The lowest BCUT2D eigenvalue weighted by atomic mass is 10.2. The highest BCUT2D eigenvalue weighted by Gasteiger charge is 2.13. The van der Waals surface area contributed by atoms with Crippen molar-refractivity contribution in [3.63, 3.8) is 0 Å². The minimum Gasteiger partial charge on any atom is -0.457 e. The van der Waals surface area contributed by atoms with Gasteiger partial charge in [0.25, 0.3) is 0 Å². The van der Waals surface area contributed by atoms with Crippen LogP contribution in [0.5, 0.6) is 0 Å². The van der Waals surface area contributed by atoms with Crippen LogP contribution in [-0.2, 0) is 9.53 Å². The summed E-state index contributed by atoms with van der Waals surface area (Å²) >= 11 is 0. The number of carbonyl (C=O) groups excluding carboxylic acids is 1. The third-order valence-electron chi connectivity index (χ3n) is 1.41. The number of allylic oxidation sites excluding steroid dienone is 5. The van der Waals surface area contributed by atoms with Crippen LogP contribution in [0, 0.1) is 0 Å². The summed E-state index contributed by atoms with van der Waals surface area (Å²) in [5, 5.41) is 0. The average Bonchev–Trinajstić information content (AvgIpc) is 2.00. The van der Waals surface area contributed by atoms with Crippen molar-refractivity contribution in [1.29, 1.82) is 0 Å². The summed E-state index contributed by atoms with van der Waals surface area (Å²) in [5.74, 6) is -0.301. The monoisotopic (exact) mass is 208 g/mol. The summed E-state index contributed by atoms with van der Waals surface area (Å²) in [4.78, 5) is 11.4. The van der Waals surface area contributed by atoms with E-state index in [-0.39, 0.29) is 5.97 Å². The molecule has 84 valence electrons. The van der Waals surface area contributed by atoms with Gasteiger partial charge in [-0.2, -0.15) is 0 Å². The molecule has 0 aliphatic carbocycles. The molecule has 0 aromatic heterocycles. The van der Waals surface area contributed by atoms with E-state index in [9.17, 15) is 4.79 Å². The molecule has 0 atom stereocenters. The van der Waals surface area contributed by atoms with E-state index in [4.69, 9.17) is 4.74 Å². The Morgan fingerprint density at radius 1 is 1.20 bits per heavy atom. The highest BCUT2D eigenvalue weighted by atomic mass is 16.6. The molecule has 0 aromatic rings. The maximum atomic E-state index is 11.4. The van der Waals surface area contributed by atoms with Gasteiger partial charge >= 0.3 is 5.97 Å². The van der Waals surface area contributed by atoms with Crippen LogP contribution in [0.15, 0.2) is 36.0 Å². The number of esters is 1. The second-order valence-electron chi connectivity index (χ2n) is 4.31. The lowest BCUT2D eigenvalue weighted by Gasteiger charge is -2.18. The molecule has 0 aliphatic rings. The van der Waals surface area contributed by atoms with Crippen LogP contribution >= 0.6 is 0 Å². The van der Waals surface area contributed by atoms with Gasteiger partial charge in [-0.1, -0.05) is 24.3 Å². The Kier molecular flexibility index (Phi) is 5.68. The van der Waals surface area contributed by atoms with E-state index >= 15 is 0 Å². The van der Waals surface area contributed by atoms with Gasteiger partial charge in [0.1, 0.15) is 5.60 Å². The molecule has 0 bridgehead atoms. The fraction of sp³-hybridized carbons (Fsp3) is 0.462. The van der Waals surface area contributed by atoms with Crippen LogP contribution in [0.25, 0.3) is 0 Å². The van der Waals surface area contributed by atoms with Gasteiger partial charge in [0.05, 0.1) is 0 Å². The maximum Gasteiger partial charge on any atom is 0.331 e. The first-order valence-corrected chi connectivity index (χ1v) is 5.06. The largest absolute Gasteiger partial charge is 0.457 e. The van der Waals surface area contributed by atoms with Gasteiger partial charge in [-0.15, -0.1) is 0 Å². The Labute approximate surface area is 92.3 Å². The molecule has 0 N–H and O–H groups in total. The van der Waals surface area contributed by atoms with Gasteiger partial charge in [-0.05, 0) is 40.2 Å². The fourth-order valence-corrected chi connectivity index (χ4v) is 0.884. The highest BCUT2D eigenvalue weighted by Crippen LogP contribution is 2.08. The Morgan fingerprint density at radius 2 is 1.80 bits per heavy atom. The smallest absolute Gasteiger partial charge is 0.331 e. The van der Waals surface area contributed by atoms with Crippen LogP contribution in [0.2, 0.25) is 0 Å². The van der Waals surface area contributed by atoms with E-state index in [1.807, 2.05) is 58.9 Å². The van der Waals surface area contributed by atoms with E-state index in [2.05, 4.69) is 0 Å². The lowest BCUT2D eigenvalue weighted by molar-refractivity contribution is -0.148. The zero-order chi connectivity index (χ0) is 11.9. The topological polar surface area (TPSA) is 26.3 Å². The Morgan fingerprint density at radius 3 is 2.27 bits per heavy atom. The van der Waals surface area contributed by atoms with Crippen molar-refractivity contribution < 1.29 is 9.53 Å². The first-order valence-electron chi connectivity index (χ1n) is 5.06. The van der Waals surface area contributed by atoms with Crippen molar-refractivity contribution in [2.24, 2.45) is 0 Å². The molecule has 0 saturated heterocycles. The first kappa shape index (κ1) is 13.7. The third-order valence-corrected chi connectivity index (χ3v) is 1.41. The standard InChI is InChI=1S/C13H20O2/c1-6-7-8-9-11(2)10-12(14)15-13(3,4)5/h6-10H,1-5H3/b7-6-,9-8+,11-10+. The zero-order valence-corrected chi connectivity index (χ0v) is 10.2. The summed E-state index contributed by atoms with van der Waals surface area (Å²) in [6.45, 7) is 9.36. The van der Waals surface area contributed by atoms with Gasteiger partial charge in [-0.3, -0.25) is 0 Å². The van der Waals surface area contributed by atoms with Gasteiger partial charge in [0.15, 0.2) is 0 Å². The summed E-state index contributed by atoms with van der Waals surface area (Å²) in [7, 11) is 0. The van der Waals surface area contributed by atoms with E-state index in [1.54, 1.807) is 0 Å². The summed E-state index contributed by atoms with van der Waals surface area (Å²) in [6, 6.07) is 0. The predicted molar refractivity (Wildman–Crippen MR) is 63.6 cm³/mol. The molecule has 0 spiro atoms. The summed E-state index contributed by atoms with van der Waals surface area (Å²) in [5.41, 5.74) is 0.448. The summed E-state index contributed by atoms with van der Waals surface area (Å²) < 4.78 is 5.15. The van der Waals surface area contributed by atoms with Crippen LogP contribution in [0.3, 0.4) is 0 Å². The predicted octanol–water partition coefficient (Wildman–Crippen LogP) is 3.41. The van der Waals surface area contributed by atoms with E-state index in [1.165, 1.54) is 6.08 Å². The average molecular weight is 208 g/mol. The second-order valence-corrected chi connectivity index (χ2v) is 4.31. The molecule has 0 radical (unpaired) electrons. The first-order chi connectivity index (χ1) is 6.85. The molecular weight excluding hydrogens is 188 g/mol. The Hall–Kier alpha value is -1.31. The van der Waals surface area contributed by atoms with Crippen molar-refractivity contribution in [3.05, 3.63) is 36.0 Å². The Balaban J connectivity index is 4.30. The van der Waals surface area contributed by atoms with Crippen LogP contribution < -0.4 is 0 Å². The highest BCUT2D eigenvalue weighted by molar-refractivity contribution is 5.83. The van der Waals surface area contributed by atoms with Crippen molar-refractivity contribution in [3.8, 4) is 0 Å². The fourth-order valence-electron chi connectivity index (χ4n) is 0.884. The molecule has 0 aromatic carbocycles. The molecule has 2 nitrogen and oxygen atoms in total. The minimum absolute atomic E-state index is 0.301. The summed E-state index contributed by atoms with van der Waals surface area (Å²) in [6.07, 6.45) is 9.08. The zero-order valence-electron chi connectivity index (χ0n) is 10.2. The molecule has 0 saturated carbocycles. The molecule has 2 heteroatoms. The number of rotatable bonds is 3. The molecular formula is C13H20O2. The van der Waals surface area contributed by atoms with E-state index in [0.29, 0.717) is 0 Å². The van der Waals surface area contributed by atoms with Crippen LogP contribution in [0.1, 0.15) is 34.6 Å². The molecule has 15 heavy (non-hydrogen) atoms. The van der Waals surface area contributed by atoms with Gasteiger partial charge in [0.2, 0.25) is 0 Å². The van der Waals surface area contributed by atoms with Gasteiger partial charge < -0.3 is 4.74 Å². The maximum absolute atomic E-state index is 11.4. The molecule has 0 amide bonds. The van der Waals surface area contributed by atoms with E-state index < -0.39 is 5.60 Å². The third kappa shape index (κ3) is 9.01. The number of carbonyl (C=O) groups is 1. The van der Waals surface area contributed by atoms with Crippen molar-refractivity contribution in [2.75, 3.05) is 0 Å². The second kappa shape index (κ2) is 6.23. The minimum atomic E-state index is -0.430. The van der Waals surface area contributed by atoms with Crippen molar-refractivity contribution in [2.45, 2.75) is 40.2 Å². The normalized spacial score (nSPS) is 13.8.